The Labute approximate surface area is 109 Å². The van der Waals surface area contributed by atoms with Crippen LogP contribution in [0.3, 0.4) is 0 Å². The molecule has 1 N–H and O–H groups in total. The molecule has 0 unspecified atom stereocenters. The fourth-order valence-electron chi connectivity index (χ4n) is 2.57. The van der Waals surface area contributed by atoms with Crippen molar-refractivity contribution in [3.05, 3.63) is 35.9 Å². The molecule has 1 aromatic carbocycles. The van der Waals surface area contributed by atoms with Gasteiger partial charge in [-0.1, -0.05) is 30.3 Å². The van der Waals surface area contributed by atoms with E-state index in [1.807, 2.05) is 0 Å². The minimum atomic E-state index is 0.502. The zero-order valence-corrected chi connectivity index (χ0v) is 11.1. The molecule has 1 fully saturated rings. The Kier molecular flexibility index (Phi) is 5.65. The Balaban J connectivity index is 1.68. The van der Waals surface area contributed by atoms with Crippen molar-refractivity contribution in [3.8, 4) is 0 Å². The molecule has 18 heavy (non-hydrogen) atoms. The van der Waals surface area contributed by atoms with Crippen LogP contribution in [-0.4, -0.2) is 26.4 Å². The van der Waals surface area contributed by atoms with Crippen LogP contribution in [0.5, 0.6) is 0 Å². The molecule has 0 bridgehead atoms. The van der Waals surface area contributed by atoms with E-state index >= 15 is 0 Å². The first-order valence-corrected chi connectivity index (χ1v) is 6.81. The van der Waals surface area contributed by atoms with E-state index in [1.165, 1.54) is 31.2 Å². The van der Waals surface area contributed by atoms with Gasteiger partial charge in [-0.15, -0.1) is 0 Å². The fraction of sp³-hybridized carbons (Fsp3) is 0.600. The van der Waals surface area contributed by atoms with Crippen molar-refractivity contribution in [3.63, 3.8) is 0 Å². The average Bonchev–Trinajstić information content (AvgIpc) is 2.45. The van der Waals surface area contributed by atoms with Gasteiger partial charge in [-0.2, -0.15) is 5.48 Å². The second-order valence-electron chi connectivity index (χ2n) is 4.92. The zero-order valence-electron chi connectivity index (χ0n) is 11.1. The Morgan fingerprint density at radius 2 is 1.78 bits per heavy atom. The second kappa shape index (κ2) is 7.52. The van der Waals surface area contributed by atoms with Crippen LogP contribution in [0.1, 0.15) is 37.2 Å². The lowest BCUT2D eigenvalue weighted by Gasteiger charge is -2.29. The predicted octanol–water partition coefficient (Wildman–Crippen LogP) is 2.88. The molecule has 1 aliphatic carbocycles. The summed E-state index contributed by atoms with van der Waals surface area (Å²) in [6.07, 6.45) is 4.86. The quantitative estimate of drug-likeness (QED) is 0.621. The normalized spacial score (nSPS) is 24.1. The average molecular weight is 249 g/mol. The highest BCUT2D eigenvalue weighted by atomic mass is 16.7. The molecule has 1 saturated carbocycles. The van der Waals surface area contributed by atoms with Gasteiger partial charge in [0.2, 0.25) is 0 Å². The molecule has 2 rings (SSSR count). The zero-order chi connectivity index (χ0) is 12.6. The molecule has 0 radical (unpaired) electrons. The highest BCUT2D eigenvalue weighted by molar-refractivity contribution is 5.19. The largest absolute Gasteiger partial charge is 0.382 e. The van der Waals surface area contributed by atoms with Crippen molar-refractivity contribution >= 4 is 0 Å². The molecule has 3 heteroatoms. The van der Waals surface area contributed by atoms with Gasteiger partial charge in [0.05, 0.1) is 13.2 Å². The first-order valence-electron chi connectivity index (χ1n) is 6.81. The monoisotopic (exact) mass is 249 g/mol. The van der Waals surface area contributed by atoms with Crippen molar-refractivity contribution in [2.45, 2.75) is 37.6 Å². The first kappa shape index (κ1) is 13.5. The van der Waals surface area contributed by atoms with Crippen LogP contribution in [-0.2, 0) is 9.57 Å². The summed E-state index contributed by atoms with van der Waals surface area (Å²) in [5.41, 5.74) is 4.63. The predicted molar refractivity (Wildman–Crippen MR) is 72.4 cm³/mol. The molecule has 0 spiro atoms. The molecule has 0 atom stereocenters. The number of benzene rings is 1. The van der Waals surface area contributed by atoms with Crippen LogP contribution in [0.25, 0.3) is 0 Å². The fourth-order valence-corrected chi connectivity index (χ4v) is 2.57. The Morgan fingerprint density at radius 3 is 2.44 bits per heavy atom. The van der Waals surface area contributed by atoms with Crippen LogP contribution in [0.15, 0.2) is 30.3 Å². The van der Waals surface area contributed by atoms with Gasteiger partial charge in [0, 0.05) is 13.2 Å². The minimum absolute atomic E-state index is 0.502. The lowest BCUT2D eigenvalue weighted by molar-refractivity contribution is -0.0190. The van der Waals surface area contributed by atoms with Gasteiger partial charge in [0.15, 0.2) is 0 Å². The van der Waals surface area contributed by atoms with Crippen molar-refractivity contribution in [2.24, 2.45) is 0 Å². The topological polar surface area (TPSA) is 30.5 Å². The van der Waals surface area contributed by atoms with Gasteiger partial charge >= 0.3 is 0 Å². The summed E-state index contributed by atoms with van der Waals surface area (Å²) in [5, 5.41) is 0. The van der Waals surface area contributed by atoms with E-state index in [2.05, 4.69) is 35.8 Å². The van der Waals surface area contributed by atoms with Crippen LogP contribution in [0, 0.1) is 0 Å². The molecule has 1 aromatic rings. The summed E-state index contributed by atoms with van der Waals surface area (Å²) in [7, 11) is 1.69. The van der Waals surface area contributed by atoms with E-state index in [9.17, 15) is 0 Å². The lowest BCUT2D eigenvalue weighted by Crippen LogP contribution is -2.33. The van der Waals surface area contributed by atoms with E-state index in [1.54, 1.807) is 7.11 Å². The number of nitrogens with one attached hydrogen (secondary N) is 1. The first-order chi connectivity index (χ1) is 8.90. The maximum Gasteiger partial charge on any atom is 0.0915 e. The number of rotatable bonds is 6. The van der Waals surface area contributed by atoms with E-state index in [-0.39, 0.29) is 0 Å². The molecule has 0 aromatic heterocycles. The van der Waals surface area contributed by atoms with Gasteiger partial charge in [0.1, 0.15) is 0 Å². The van der Waals surface area contributed by atoms with E-state index in [0.717, 1.165) is 5.92 Å². The van der Waals surface area contributed by atoms with Crippen molar-refractivity contribution in [2.75, 3.05) is 20.3 Å². The molecule has 0 saturated heterocycles. The van der Waals surface area contributed by atoms with Crippen LogP contribution >= 0.6 is 0 Å². The van der Waals surface area contributed by atoms with Gasteiger partial charge in [-0.05, 0) is 37.2 Å². The summed E-state index contributed by atoms with van der Waals surface area (Å²) in [6.45, 7) is 1.27. The van der Waals surface area contributed by atoms with Crippen molar-refractivity contribution in [1.82, 2.24) is 5.48 Å². The molecular formula is C15H23NO2. The molecule has 0 heterocycles. The molecule has 0 aliphatic heterocycles. The summed E-state index contributed by atoms with van der Waals surface area (Å²) in [6, 6.07) is 11.3. The molecule has 0 amide bonds. The highest BCUT2D eigenvalue weighted by Crippen LogP contribution is 2.32. The summed E-state index contributed by atoms with van der Waals surface area (Å²) in [4.78, 5) is 5.38. The van der Waals surface area contributed by atoms with Crippen LogP contribution < -0.4 is 5.48 Å². The summed E-state index contributed by atoms with van der Waals surface area (Å²) in [5.74, 6) is 0.725. The van der Waals surface area contributed by atoms with Gasteiger partial charge in [-0.25, -0.2) is 0 Å². The SMILES string of the molecule is COCCONC1CCC(c2ccccc2)CC1. The van der Waals surface area contributed by atoms with Gasteiger partial charge in [0.25, 0.3) is 0 Å². The van der Waals surface area contributed by atoms with Crippen LogP contribution in [0.2, 0.25) is 0 Å². The number of hydrogen-bond acceptors (Lipinski definition) is 3. The highest BCUT2D eigenvalue weighted by Gasteiger charge is 2.21. The molecule has 100 valence electrons. The van der Waals surface area contributed by atoms with Gasteiger partial charge in [-0.3, -0.25) is 4.84 Å². The Hall–Kier alpha value is -0.900. The molecular weight excluding hydrogens is 226 g/mol. The smallest absolute Gasteiger partial charge is 0.0915 e. The third-order valence-corrected chi connectivity index (χ3v) is 3.64. The second-order valence-corrected chi connectivity index (χ2v) is 4.92. The number of methoxy groups -OCH3 is 1. The van der Waals surface area contributed by atoms with E-state index in [4.69, 9.17) is 9.57 Å². The maximum atomic E-state index is 5.38. The lowest BCUT2D eigenvalue weighted by atomic mass is 9.82. The minimum Gasteiger partial charge on any atom is -0.382 e. The van der Waals surface area contributed by atoms with E-state index < -0.39 is 0 Å². The molecule has 3 nitrogen and oxygen atoms in total. The van der Waals surface area contributed by atoms with Crippen molar-refractivity contribution in [1.29, 1.82) is 0 Å². The third kappa shape index (κ3) is 4.09. The van der Waals surface area contributed by atoms with Gasteiger partial charge < -0.3 is 4.74 Å². The van der Waals surface area contributed by atoms with Crippen molar-refractivity contribution < 1.29 is 9.57 Å². The number of hydrogen-bond donors (Lipinski definition) is 1. The standard InChI is InChI=1S/C15H23NO2/c1-17-11-12-18-16-15-9-7-14(8-10-15)13-5-3-2-4-6-13/h2-6,14-16H,7-12H2,1H3. The Bertz CT molecular complexity index is 321. The molecule has 1 aliphatic rings. The Morgan fingerprint density at radius 1 is 1.06 bits per heavy atom. The number of ether oxygens (including phenoxy) is 1. The third-order valence-electron chi connectivity index (χ3n) is 3.64. The van der Waals surface area contributed by atoms with Crippen LogP contribution in [0.4, 0.5) is 0 Å². The van der Waals surface area contributed by atoms with E-state index in [0.29, 0.717) is 19.3 Å². The maximum absolute atomic E-state index is 5.38. The summed E-state index contributed by atoms with van der Waals surface area (Å²) < 4.78 is 4.94. The number of hydroxylamine groups is 1. The summed E-state index contributed by atoms with van der Waals surface area (Å²) >= 11 is 0.